The van der Waals surface area contributed by atoms with Crippen molar-refractivity contribution >= 4 is 33.9 Å². The van der Waals surface area contributed by atoms with Crippen molar-refractivity contribution in [3.05, 3.63) is 52.5 Å². The van der Waals surface area contributed by atoms with Crippen LogP contribution in [0.4, 0.5) is 23.0 Å². The Morgan fingerprint density at radius 3 is 2.72 bits per heavy atom. The number of aromatic nitrogens is 3. The molecule has 0 saturated heterocycles. The summed E-state index contributed by atoms with van der Waals surface area (Å²) in [5.74, 6) is 0.352. The lowest BCUT2D eigenvalue weighted by molar-refractivity contribution is -0.383. The van der Waals surface area contributed by atoms with Gasteiger partial charge in [-0.3, -0.25) is 15.1 Å². The number of rotatable bonds is 6. The predicted octanol–water partition coefficient (Wildman–Crippen LogP) is 3.81. The second kappa shape index (κ2) is 7.08. The Hall–Kier alpha value is -3.29. The first-order valence-corrected chi connectivity index (χ1v) is 7.96. The summed E-state index contributed by atoms with van der Waals surface area (Å²) in [5, 5.41) is 18.4. The zero-order valence-corrected chi connectivity index (χ0v) is 14.0. The summed E-state index contributed by atoms with van der Waals surface area (Å²) in [6.07, 6.45) is 2.14. The van der Waals surface area contributed by atoms with Gasteiger partial charge in [0.1, 0.15) is 6.33 Å². The normalized spacial score (nSPS) is 10.6. The molecule has 0 aliphatic carbocycles. The van der Waals surface area contributed by atoms with E-state index in [2.05, 4.69) is 25.6 Å². The summed E-state index contributed by atoms with van der Waals surface area (Å²) < 4.78 is 0. The number of hydrogen-bond acceptors (Lipinski definition) is 7. The van der Waals surface area contributed by atoms with Crippen LogP contribution in [0.25, 0.3) is 10.9 Å². The first-order chi connectivity index (χ1) is 12.1. The first kappa shape index (κ1) is 16.6. The van der Waals surface area contributed by atoms with Crippen LogP contribution in [0.3, 0.4) is 0 Å². The maximum absolute atomic E-state index is 11.5. The van der Waals surface area contributed by atoms with Crippen molar-refractivity contribution < 1.29 is 4.92 Å². The van der Waals surface area contributed by atoms with Gasteiger partial charge in [0.2, 0.25) is 11.6 Å². The second-order valence-corrected chi connectivity index (χ2v) is 5.55. The number of nitrogens with zero attached hydrogens (tertiary/aromatic N) is 4. The fraction of sp³-hybridized carbons (Fsp3) is 0.235. The van der Waals surface area contributed by atoms with Gasteiger partial charge >= 0.3 is 5.69 Å². The number of anilines is 3. The fourth-order valence-corrected chi connectivity index (χ4v) is 2.51. The predicted molar refractivity (Wildman–Crippen MR) is 97.2 cm³/mol. The summed E-state index contributed by atoms with van der Waals surface area (Å²) in [6.45, 7) is 4.49. The Balaban J connectivity index is 2.05. The highest BCUT2D eigenvalue weighted by molar-refractivity contribution is 5.94. The van der Waals surface area contributed by atoms with E-state index in [9.17, 15) is 10.1 Å². The molecule has 128 valence electrons. The van der Waals surface area contributed by atoms with Crippen LogP contribution in [0.5, 0.6) is 0 Å². The third kappa shape index (κ3) is 3.47. The van der Waals surface area contributed by atoms with Gasteiger partial charge in [-0.2, -0.15) is 0 Å². The Morgan fingerprint density at radius 2 is 1.96 bits per heavy atom. The third-order valence-corrected chi connectivity index (χ3v) is 3.67. The minimum Gasteiger partial charge on any atom is -0.364 e. The lowest BCUT2D eigenvalue weighted by atomic mass is 10.1. The molecule has 25 heavy (non-hydrogen) atoms. The minimum absolute atomic E-state index is 0.145. The van der Waals surface area contributed by atoms with E-state index in [1.54, 1.807) is 0 Å². The molecule has 0 saturated carbocycles. The van der Waals surface area contributed by atoms with Gasteiger partial charge in [0, 0.05) is 23.3 Å². The van der Waals surface area contributed by atoms with Gasteiger partial charge in [-0.25, -0.2) is 9.97 Å². The average molecular weight is 338 g/mol. The maximum Gasteiger partial charge on any atom is 0.353 e. The van der Waals surface area contributed by atoms with E-state index in [0.717, 1.165) is 23.0 Å². The Morgan fingerprint density at radius 1 is 1.16 bits per heavy atom. The van der Waals surface area contributed by atoms with Crippen LogP contribution < -0.4 is 10.6 Å². The molecule has 2 heterocycles. The van der Waals surface area contributed by atoms with Crippen molar-refractivity contribution in [3.63, 3.8) is 0 Å². The van der Waals surface area contributed by atoms with Gasteiger partial charge in [-0.1, -0.05) is 13.0 Å². The second-order valence-electron chi connectivity index (χ2n) is 5.55. The zero-order chi connectivity index (χ0) is 17.8. The van der Waals surface area contributed by atoms with E-state index < -0.39 is 4.92 Å². The van der Waals surface area contributed by atoms with E-state index in [1.807, 2.05) is 44.2 Å². The molecule has 0 atom stereocenters. The number of nitrogens with one attached hydrogen (secondary N) is 2. The van der Waals surface area contributed by atoms with Crippen LogP contribution in [0.2, 0.25) is 0 Å². The number of benzene rings is 1. The van der Waals surface area contributed by atoms with E-state index >= 15 is 0 Å². The largest absolute Gasteiger partial charge is 0.364 e. The molecule has 3 rings (SSSR count). The molecule has 0 fully saturated rings. The monoisotopic (exact) mass is 338 g/mol. The molecule has 0 bridgehead atoms. The first-order valence-electron chi connectivity index (χ1n) is 7.96. The highest BCUT2D eigenvalue weighted by Gasteiger charge is 2.23. The molecule has 2 N–H and O–H groups in total. The SMILES string of the molecule is CCCNc1ncnc(Nc2cccc3nc(C)ccc23)c1[N+](=O)[O-]. The molecular formula is C17H18N6O2. The van der Waals surface area contributed by atoms with Gasteiger partial charge in [0.15, 0.2) is 0 Å². The Bertz CT molecular complexity index is 928. The molecule has 8 nitrogen and oxygen atoms in total. The summed E-state index contributed by atoms with van der Waals surface area (Å²) in [6, 6.07) is 9.42. The van der Waals surface area contributed by atoms with Crippen molar-refractivity contribution in [2.45, 2.75) is 20.3 Å². The lowest BCUT2D eigenvalue weighted by Crippen LogP contribution is -2.08. The van der Waals surface area contributed by atoms with Crippen LogP contribution >= 0.6 is 0 Å². The van der Waals surface area contributed by atoms with Crippen molar-refractivity contribution in [1.82, 2.24) is 15.0 Å². The molecule has 0 spiro atoms. The highest BCUT2D eigenvalue weighted by atomic mass is 16.6. The summed E-state index contributed by atoms with van der Waals surface area (Å²) in [4.78, 5) is 23.6. The van der Waals surface area contributed by atoms with E-state index in [4.69, 9.17) is 0 Å². The topological polar surface area (TPSA) is 106 Å². The number of nitro groups is 1. The fourth-order valence-electron chi connectivity index (χ4n) is 2.51. The summed E-state index contributed by atoms with van der Waals surface area (Å²) in [7, 11) is 0. The number of pyridine rings is 1. The molecule has 3 aromatic rings. The van der Waals surface area contributed by atoms with Crippen LogP contribution in [-0.2, 0) is 0 Å². The smallest absolute Gasteiger partial charge is 0.353 e. The van der Waals surface area contributed by atoms with Gasteiger partial charge < -0.3 is 10.6 Å². The molecule has 0 unspecified atom stereocenters. The van der Waals surface area contributed by atoms with Crippen LogP contribution in [0.1, 0.15) is 19.0 Å². The molecule has 0 amide bonds. The van der Waals surface area contributed by atoms with Crippen molar-refractivity contribution in [2.24, 2.45) is 0 Å². The maximum atomic E-state index is 11.5. The van der Waals surface area contributed by atoms with Crippen molar-refractivity contribution in [3.8, 4) is 0 Å². The average Bonchev–Trinajstić information content (AvgIpc) is 2.59. The molecule has 0 aliphatic rings. The number of hydrogen-bond donors (Lipinski definition) is 2. The molecule has 0 aliphatic heterocycles. The molecule has 0 radical (unpaired) electrons. The van der Waals surface area contributed by atoms with Gasteiger partial charge in [-0.15, -0.1) is 0 Å². The minimum atomic E-state index is -0.478. The van der Waals surface area contributed by atoms with Gasteiger partial charge in [-0.05, 0) is 37.6 Å². The third-order valence-electron chi connectivity index (χ3n) is 3.67. The summed E-state index contributed by atoms with van der Waals surface area (Å²) in [5.41, 5.74) is 2.25. The molecule has 1 aromatic carbocycles. The van der Waals surface area contributed by atoms with Crippen LogP contribution in [0.15, 0.2) is 36.7 Å². The van der Waals surface area contributed by atoms with Crippen molar-refractivity contribution in [2.75, 3.05) is 17.2 Å². The molecule has 2 aromatic heterocycles. The van der Waals surface area contributed by atoms with Crippen LogP contribution in [0, 0.1) is 17.0 Å². The lowest BCUT2D eigenvalue weighted by Gasteiger charge is -2.11. The van der Waals surface area contributed by atoms with Gasteiger partial charge in [0.05, 0.1) is 10.4 Å². The van der Waals surface area contributed by atoms with E-state index in [0.29, 0.717) is 12.2 Å². The molecule has 8 heteroatoms. The number of aryl methyl sites for hydroxylation is 1. The van der Waals surface area contributed by atoms with E-state index in [1.165, 1.54) is 6.33 Å². The van der Waals surface area contributed by atoms with Gasteiger partial charge in [0.25, 0.3) is 0 Å². The Kier molecular flexibility index (Phi) is 4.69. The molecular weight excluding hydrogens is 320 g/mol. The number of fused-ring (bicyclic) bond motifs is 1. The Labute approximate surface area is 144 Å². The zero-order valence-electron chi connectivity index (χ0n) is 14.0. The van der Waals surface area contributed by atoms with Crippen LogP contribution in [-0.4, -0.2) is 26.4 Å². The van der Waals surface area contributed by atoms with Crippen molar-refractivity contribution in [1.29, 1.82) is 0 Å². The highest BCUT2D eigenvalue weighted by Crippen LogP contribution is 2.33. The van der Waals surface area contributed by atoms with E-state index in [-0.39, 0.29) is 17.3 Å². The quantitative estimate of drug-likeness (QED) is 0.520. The summed E-state index contributed by atoms with van der Waals surface area (Å²) >= 11 is 0. The standard InChI is InChI=1S/C17H18N6O2/c1-3-9-18-16-15(23(24)25)17(20-10-19-16)22-14-6-4-5-13-12(14)8-7-11(2)21-13/h4-8,10H,3,9H2,1-2H3,(H2,18,19,20,22).